The van der Waals surface area contributed by atoms with Gasteiger partial charge in [-0.25, -0.2) is 0 Å². The summed E-state index contributed by atoms with van der Waals surface area (Å²) in [6.45, 7) is 4.42. The lowest BCUT2D eigenvalue weighted by atomic mass is 9.97. The minimum absolute atomic E-state index is 0.0257. The zero-order valence-electron chi connectivity index (χ0n) is 11.1. The van der Waals surface area contributed by atoms with Gasteiger partial charge in [-0.05, 0) is 6.42 Å². The van der Waals surface area contributed by atoms with Gasteiger partial charge in [0.05, 0.1) is 24.1 Å². The van der Waals surface area contributed by atoms with Gasteiger partial charge in [0, 0.05) is 32.3 Å². The molecule has 1 aromatic carbocycles. The van der Waals surface area contributed by atoms with Gasteiger partial charge >= 0.3 is 0 Å². The quantitative estimate of drug-likeness (QED) is 0.618. The zero-order valence-corrected chi connectivity index (χ0v) is 11.1. The van der Waals surface area contributed by atoms with Crippen LogP contribution in [-0.2, 0) is 11.3 Å². The molecule has 0 bridgehead atoms. The van der Waals surface area contributed by atoms with Crippen LogP contribution < -0.4 is 16.0 Å². The van der Waals surface area contributed by atoms with Crippen LogP contribution >= 0.6 is 0 Å². The van der Waals surface area contributed by atoms with Gasteiger partial charge in [0.1, 0.15) is 5.69 Å². The fourth-order valence-corrected chi connectivity index (χ4v) is 2.58. The number of ether oxygens (including phenoxy) is 1. The monoisotopic (exact) mass is 250 g/mol. The number of benzene rings is 1. The first-order chi connectivity index (χ1) is 8.69. The third-order valence-electron chi connectivity index (χ3n) is 3.38. The maximum Gasteiger partial charge on any atom is 0.164 e. The molecule has 0 fully saturated rings. The number of phenols is 1. The second-order valence-electron chi connectivity index (χ2n) is 4.20. The molecule has 1 radical (unpaired) electrons. The summed E-state index contributed by atoms with van der Waals surface area (Å²) in [5.74, 6) is 0.219. The molecule has 1 unspecified atom stereocenters. The largest absolute Gasteiger partial charge is 0.504 e. The second kappa shape index (κ2) is 4.94. The highest BCUT2D eigenvalue weighted by molar-refractivity contribution is 5.88. The van der Waals surface area contributed by atoms with Crippen molar-refractivity contribution in [2.75, 3.05) is 37.1 Å². The molecule has 1 aliphatic heterocycles. The van der Waals surface area contributed by atoms with Gasteiger partial charge in [0.25, 0.3) is 0 Å². The van der Waals surface area contributed by atoms with Crippen molar-refractivity contribution in [3.63, 3.8) is 0 Å². The van der Waals surface area contributed by atoms with Crippen LogP contribution in [0.3, 0.4) is 0 Å². The molecule has 0 aliphatic carbocycles. The van der Waals surface area contributed by atoms with Crippen molar-refractivity contribution in [1.82, 2.24) is 0 Å². The molecular formula is C13H20N3O2. The zero-order chi connectivity index (χ0) is 13.3. The number of phenolic OH excluding ortho intramolecular Hbond substituents is 1. The van der Waals surface area contributed by atoms with Crippen LogP contribution in [-0.4, -0.2) is 26.2 Å². The first kappa shape index (κ1) is 12.8. The Balaban J connectivity index is 2.73. The third kappa shape index (κ3) is 1.66. The van der Waals surface area contributed by atoms with Crippen molar-refractivity contribution in [3.05, 3.63) is 18.1 Å². The third-order valence-corrected chi connectivity index (χ3v) is 3.38. The molecule has 0 saturated heterocycles. The van der Waals surface area contributed by atoms with Gasteiger partial charge in [-0.1, -0.05) is 6.92 Å². The second-order valence-corrected chi connectivity index (χ2v) is 4.20. The van der Waals surface area contributed by atoms with Crippen LogP contribution in [0.4, 0.5) is 17.1 Å². The van der Waals surface area contributed by atoms with Gasteiger partial charge in [0.15, 0.2) is 5.75 Å². The molecule has 4 N–H and O–H groups in total. The highest BCUT2D eigenvalue weighted by Crippen LogP contribution is 2.50. The Bertz CT molecular complexity index is 460. The lowest BCUT2D eigenvalue weighted by Crippen LogP contribution is -2.07. The van der Waals surface area contributed by atoms with E-state index in [1.54, 1.807) is 14.1 Å². The van der Waals surface area contributed by atoms with E-state index in [-0.39, 0.29) is 11.9 Å². The number of anilines is 3. The van der Waals surface area contributed by atoms with Crippen molar-refractivity contribution < 1.29 is 9.84 Å². The van der Waals surface area contributed by atoms with E-state index >= 15 is 0 Å². The average Bonchev–Trinajstić information content (AvgIpc) is 2.80. The topological polar surface area (TPSA) is 65.5 Å². The van der Waals surface area contributed by atoms with Crippen molar-refractivity contribution in [3.8, 4) is 5.75 Å². The standard InChI is InChI=1S/C13H20N3O2/c1-5-8-9-7(6-18-8)10(14-2)13(17)12(16-4)11(9)15-3/h8,14-17H,1,5-6H2,2-4H3. The molecular weight excluding hydrogens is 230 g/mol. The summed E-state index contributed by atoms with van der Waals surface area (Å²) in [6.07, 6.45) is 0.640. The normalized spacial score (nSPS) is 17.4. The maximum absolute atomic E-state index is 10.3. The first-order valence-corrected chi connectivity index (χ1v) is 6.05. The van der Waals surface area contributed by atoms with Crippen molar-refractivity contribution in [2.24, 2.45) is 0 Å². The molecule has 1 aromatic rings. The predicted molar refractivity (Wildman–Crippen MR) is 74.3 cm³/mol. The molecule has 18 heavy (non-hydrogen) atoms. The molecule has 99 valence electrons. The van der Waals surface area contributed by atoms with E-state index in [4.69, 9.17) is 4.74 Å². The molecule has 0 aromatic heterocycles. The highest BCUT2D eigenvalue weighted by atomic mass is 16.5. The van der Waals surface area contributed by atoms with Crippen molar-refractivity contribution in [1.29, 1.82) is 0 Å². The summed E-state index contributed by atoms with van der Waals surface area (Å²) in [5.41, 5.74) is 4.38. The van der Waals surface area contributed by atoms with E-state index < -0.39 is 0 Å². The van der Waals surface area contributed by atoms with Crippen LogP contribution in [0.15, 0.2) is 0 Å². The molecule has 1 atom stereocenters. The lowest BCUT2D eigenvalue weighted by molar-refractivity contribution is 0.0683. The molecule has 0 amide bonds. The van der Waals surface area contributed by atoms with E-state index in [1.807, 2.05) is 7.05 Å². The number of nitrogens with one attached hydrogen (secondary N) is 3. The smallest absolute Gasteiger partial charge is 0.164 e. The summed E-state index contributed by atoms with van der Waals surface area (Å²) in [4.78, 5) is 0. The Morgan fingerprint density at radius 3 is 2.28 bits per heavy atom. The van der Waals surface area contributed by atoms with Crippen LogP contribution in [0.2, 0.25) is 0 Å². The van der Waals surface area contributed by atoms with E-state index in [0.29, 0.717) is 18.7 Å². The minimum atomic E-state index is -0.0257. The van der Waals surface area contributed by atoms with Crippen LogP contribution in [0.25, 0.3) is 0 Å². The van der Waals surface area contributed by atoms with Crippen LogP contribution in [0.1, 0.15) is 23.7 Å². The average molecular weight is 250 g/mol. The van der Waals surface area contributed by atoms with Gasteiger partial charge in [-0.3, -0.25) is 0 Å². The fourth-order valence-electron chi connectivity index (χ4n) is 2.58. The Kier molecular flexibility index (Phi) is 3.52. The van der Waals surface area contributed by atoms with Gasteiger partial charge in [0.2, 0.25) is 0 Å². The molecule has 1 aliphatic rings. The number of rotatable bonds is 4. The Morgan fingerprint density at radius 1 is 1.17 bits per heavy atom. The number of hydrogen-bond donors (Lipinski definition) is 4. The molecule has 1 heterocycles. The molecule has 0 spiro atoms. The van der Waals surface area contributed by atoms with E-state index in [1.165, 1.54) is 0 Å². The summed E-state index contributed by atoms with van der Waals surface area (Å²) in [7, 11) is 5.43. The lowest BCUT2D eigenvalue weighted by Gasteiger charge is -2.21. The van der Waals surface area contributed by atoms with E-state index in [2.05, 4.69) is 22.9 Å². The predicted octanol–water partition coefficient (Wildman–Crippen LogP) is 2.31. The fraction of sp³-hybridized carbons (Fsp3) is 0.462. The minimum Gasteiger partial charge on any atom is -0.504 e. The van der Waals surface area contributed by atoms with Crippen LogP contribution in [0, 0.1) is 6.92 Å². The summed E-state index contributed by atoms with van der Waals surface area (Å²) in [6, 6.07) is 0. The highest BCUT2D eigenvalue weighted by Gasteiger charge is 2.31. The molecule has 5 heteroatoms. The van der Waals surface area contributed by atoms with Gasteiger partial charge in [-0.15, -0.1) is 0 Å². The summed E-state index contributed by atoms with van der Waals surface area (Å²) >= 11 is 0. The van der Waals surface area contributed by atoms with Crippen molar-refractivity contribution >= 4 is 17.1 Å². The molecule has 0 saturated carbocycles. The number of fused-ring (bicyclic) bond motifs is 1. The first-order valence-electron chi connectivity index (χ1n) is 6.05. The summed E-state index contributed by atoms with van der Waals surface area (Å²) in [5, 5.41) is 19.5. The van der Waals surface area contributed by atoms with Gasteiger partial charge in [-0.2, -0.15) is 0 Å². The van der Waals surface area contributed by atoms with E-state index in [9.17, 15) is 5.11 Å². The Labute approximate surface area is 108 Å². The van der Waals surface area contributed by atoms with Gasteiger partial charge < -0.3 is 25.8 Å². The maximum atomic E-state index is 10.3. The SMILES string of the molecule is [CH2]CC1OCc2c(NC)c(O)c(NC)c(NC)c21. The van der Waals surface area contributed by atoms with Crippen molar-refractivity contribution in [2.45, 2.75) is 19.1 Å². The van der Waals surface area contributed by atoms with E-state index in [0.717, 1.165) is 22.5 Å². The molecule has 2 rings (SSSR count). The Morgan fingerprint density at radius 2 is 1.78 bits per heavy atom. The summed E-state index contributed by atoms with van der Waals surface area (Å²) < 4.78 is 5.73. The number of hydrogen-bond acceptors (Lipinski definition) is 5. The number of aromatic hydroxyl groups is 1. The van der Waals surface area contributed by atoms with Crippen LogP contribution in [0.5, 0.6) is 5.75 Å². The molecule has 5 nitrogen and oxygen atoms in total. The Hall–Kier alpha value is -1.62.